The summed E-state index contributed by atoms with van der Waals surface area (Å²) in [6, 6.07) is 9.66. The number of carbonyl (C=O) groups excluding carboxylic acids is 1. The summed E-state index contributed by atoms with van der Waals surface area (Å²) in [7, 11) is 0. The fraction of sp³-hybridized carbons (Fsp3) is 0.381. The number of hydrogen-bond donors (Lipinski definition) is 3. The van der Waals surface area contributed by atoms with Gasteiger partial charge in [-0.3, -0.25) is 4.98 Å². The number of nitrogens with one attached hydrogen (secondary N) is 2. The molecule has 1 aliphatic rings. The van der Waals surface area contributed by atoms with Crippen molar-refractivity contribution in [1.29, 1.82) is 0 Å². The van der Waals surface area contributed by atoms with Crippen LogP contribution >= 0.6 is 0 Å². The molecule has 28 heavy (non-hydrogen) atoms. The average molecular weight is 379 g/mol. The zero-order valence-electron chi connectivity index (χ0n) is 16.2. The van der Waals surface area contributed by atoms with E-state index in [0.717, 1.165) is 28.0 Å². The van der Waals surface area contributed by atoms with Gasteiger partial charge in [-0.05, 0) is 49.9 Å². The smallest absolute Gasteiger partial charge is 0.317 e. The van der Waals surface area contributed by atoms with Crippen molar-refractivity contribution < 1.29 is 9.90 Å². The number of amides is 2. The van der Waals surface area contributed by atoms with Gasteiger partial charge in [-0.1, -0.05) is 18.2 Å². The van der Waals surface area contributed by atoms with Crippen molar-refractivity contribution in [2.75, 3.05) is 13.1 Å². The van der Waals surface area contributed by atoms with Gasteiger partial charge < -0.3 is 20.3 Å². The Bertz CT molecular complexity index is 988. The number of aliphatic hydroxyl groups is 1. The zero-order chi connectivity index (χ0) is 19.7. The molecular formula is C21H25N5O2. The van der Waals surface area contributed by atoms with Gasteiger partial charge in [0.15, 0.2) is 0 Å². The predicted molar refractivity (Wildman–Crippen MR) is 107 cm³/mol. The summed E-state index contributed by atoms with van der Waals surface area (Å²) in [4.78, 5) is 26.4. The van der Waals surface area contributed by atoms with E-state index in [2.05, 4.69) is 20.3 Å². The molecule has 0 aliphatic carbocycles. The highest BCUT2D eigenvalue weighted by Gasteiger charge is 2.36. The van der Waals surface area contributed by atoms with E-state index in [-0.39, 0.29) is 6.03 Å². The van der Waals surface area contributed by atoms with Crippen molar-refractivity contribution in [2.24, 2.45) is 0 Å². The Hall–Kier alpha value is -2.93. The van der Waals surface area contributed by atoms with Crippen LogP contribution in [0, 0.1) is 13.8 Å². The van der Waals surface area contributed by atoms with Gasteiger partial charge >= 0.3 is 6.03 Å². The number of carbonyl (C=O) groups is 1. The Morgan fingerprint density at radius 3 is 2.71 bits per heavy atom. The molecule has 2 amide bonds. The predicted octanol–water partition coefficient (Wildman–Crippen LogP) is 2.77. The summed E-state index contributed by atoms with van der Waals surface area (Å²) in [5.41, 5.74) is 3.77. The first-order valence-electron chi connectivity index (χ1n) is 9.57. The molecule has 7 heteroatoms. The van der Waals surface area contributed by atoms with Gasteiger partial charge in [-0.25, -0.2) is 9.78 Å². The maximum absolute atomic E-state index is 12.5. The molecule has 0 bridgehead atoms. The van der Waals surface area contributed by atoms with E-state index in [4.69, 9.17) is 0 Å². The molecule has 4 rings (SSSR count). The fourth-order valence-corrected chi connectivity index (χ4v) is 3.66. The zero-order valence-corrected chi connectivity index (χ0v) is 16.2. The number of imidazole rings is 1. The van der Waals surface area contributed by atoms with Crippen molar-refractivity contribution in [3.05, 3.63) is 59.2 Å². The minimum Gasteiger partial charge on any atom is -0.383 e. The van der Waals surface area contributed by atoms with Crippen molar-refractivity contribution in [3.8, 4) is 0 Å². The molecule has 3 aromatic rings. The highest BCUT2D eigenvalue weighted by atomic mass is 16.3. The van der Waals surface area contributed by atoms with Gasteiger partial charge in [0.2, 0.25) is 0 Å². The number of aryl methyl sites for hydroxylation is 2. The third-order valence-electron chi connectivity index (χ3n) is 5.44. The number of nitrogens with zero attached hydrogens (tertiary/aromatic N) is 3. The number of H-pyrrole nitrogens is 1. The second-order valence-electron chi connectivity index (χ2n) is 7.55. The van der Waals surface area contributed by atoms with Crippen LogP contribution in [0.3, 0.4) is 0 Å². The van der Waals surface area contributed by atoms with Gasteiger partial charge in [-0.15, -0.1) is 0 Å². The van der Waals surface area contributed by atoms with Crippen LogP contribution < -0.4 is 5.32 Å². The number of aromatic amines is 1. The quantitative estimate of drug-likeness (QED) is 0.652. The van der Waals surface area contributed by atoms with Crippen molar-refractivity contribution >= 4 is 17.1 Å². The number of fused-ring (bicyclic) bond motifs is 1. The lowest BCUT2D eigenvalue weighted by Gasteiger charge is -2.37. The third kappa shape index (κ3) is 3.57. The van der Waals surface area contributed by atoms with Crippen LogP contribution in [0.1, 0.15) is 35.5 Å². The molecule has 0 unspecified atom stereocenters. The van der Waals surface area contributed by atoms with Crippen LogP contribution in [0.25, 0.3) is 11.0 Å². The van der Waals surface area contributed by atoms with Gasteiger partial charge in [-0.2, -0.15) is 0 Å². The number of pyridine rings is 1. The molecule has 1 saturated heterocycles. The Morgan fingerprint density at radius 1 is 1.25 bits per heavy atom. The number of likely N-dealkylation sites (tertiary alicyclic amines) is 1. The molecular weight excluding hydrogens is 354 g/mol. The van der Waals surface area contributed by atoms with E-state index in [1.807, 2.05) is 44.2 Å². The Kier molecular flexibility index (Phi) is 4.77. The highest BCUT2D eigenvalue weighted by Crippen LogP contribution is 2.31. The van der Waals surface area contributed by atoms with Crippen LogP contribution in [0.5, 0.6) is 0 Å². The third-order valence-corrected chi connectivity index (χ3v) is 5.44. The molecule has 3 heterocycles. The Balaban J connectivity index is 1.34. The van der Waals surface area contributed by atoms with Crippen LogP contribution in [-0.2, 0) is 12.1 Å². The average Bonchev–Trinajstić information content (AvgIpc) is 3.12. The van der Waals surface area contributed by atoms with Crippen molar-refractivity contribution in [1.82, 2.24) is 25.2 Å². The van der Waals surface area contributed by atoms with E-state index in [1.165, 1.54) is 0 Å². The van der Waals surface area contributed by atoms with Crippen molar-refractivity contribution in [2.45, 2.75) is 38.8 Å². The molecule has 0 spiro atoms. The molecule has 7 nitrogen and oxygen atoms in total. The van der Waals surface area contributed by atoms with E-state index in [9.17, 15) is 9.90 Å². The molecule has 3 N–H and O–H groups in total. The molecule has 2 aromatic heterocycles. The number of rotatable bonds is 3. The second kappa shape index (κ2) is 7.24. The summed E-state index contributed by atoms with van der Waals surface area (Å²) in [6.45, 7) is 5.29. The van der Waals surface area contributed by atoms with Crippen LogP contribution in [0.15, 0.2) is 36.5 Å². The van der Waals surface area contributed by atoms with E-state index in [1.54, 1.807) is 11.1 Å². The fourth-order valence-electron chi connectivity index (χ4n) is 3.66. The lowest BCUT2D eigenvalue weighted by Crippen LogP contribution is -2.48. The maximum atomic E-state index is 12.5. The minimum atomic E-state index is -0.971. The van der Waals surface area contributed by atoms with Crippen molar-refractivity contribution in [3.63, 3.8) is 0 Å². The van der Waals surface area contributed by atoms with E-state index < -0.39 is 5.60 Å². The lowest BCUT2D eigenvalue weighted by molar-refractivity contribution is -0.0204. The number of para-hydroxylation sites is 1. The maximum Gasteiger partial charge on any atom is 0.317 e. The molecule has 0 radical (unpaired) electrons. The largest absolute Gasteiger partial charge is 0.383 e. The van der Waals surface area contributed by atoms with E-state index in [0.29, 0.717) is 38.2 Å². The van der Waals surface area contributed by atoms with Crippen LogP contribution in [0.4, 0.5) is 4.79 Å². The Morgan fingerprint density at radius 2 is 2.04 bits per heavy atom. The summed E-state index contributed by atoms with van der Waals surface area (Å²) in [5, 5.41) is 13.8. The van der Waals surface area contributed by atoms with Crippen LogP contribution in [0.2, 0.25) is 0 Å². The number of urea groups is 1. The molecule has 0 saturated carbocycles. The summed E-state index contributed by atoms with van der Waals surface area (Å²) >= 11 is 0. The normalized spacial score (nSPS) is 16.3. The monoisotopic (exact) mass is 379 g/mol. The Labute approximate surface area is 163 Å². The van der Waals surface area contributed by atoms with Gasteiger partial charge in [0.1, 0.15) is 11.4 Å². The molecule has 0 atom stereocenters. The van der Waals surface area contributed by atoms with Gasteiger partial charge in [0, 0.05) is 19.3 Å². The summed E-state index contributed by atoms with van der Waals surface area (Å²) in [5.74, 6) is 0.731. The van der Waals surface area contributed by atoms with Gasteiger partial charge in [0.25, 0.3) is 0 Å². The standard InChI is InChI=1S/C21H25N5O2/c1-14-6-7-17(22-12-14)21(28)8-10-26(11-9-21)20(27)23-13-18-24-16-5-3-4-15(2)19(16)25-18/h3-7,12,28H,8-11,13H2,1-2H3,(H,23,27)(H,24,25). The minimum absolute atomic E-state index is 0.143. The topological polar surface area (TPSA) is 94.1 Å². The highest BCUT2D eigenvalue weighted by molar-refractivity contribution is 5.79. The molecule has 1 aromatic carbocycles. The number of hydrogen-bond acceptors (Lipinski definition) is 4. The molecule has 1 fully saturated rings. The molecule has 146 valence electrons. The number of piperidine rings is 1. The van der Waals surface area contributed by atoms with E-state index >= 15 is 0 Å². The summed E-state index contributed by atoms with van der Waals surface area (Å²) in [6.07, 6.45) is 2.71. The molecule has 1 aliphatic heterocycles. The second-order valence-corrected chi connectivity index (χ2v) is 7.55. The number of aromatic nitrogens is 3. The first kappa shape index (κ1) is 18.4. The first-order chi connectivity index (χ1) is 13.4. The first-order valence-corrected chi connectivity index (χ1v) is 9.57. The lowest BCUT2D eigenvalue weighted by atomic mass is 9.87. The number of benzene rings is 1. The van der Waals surface area contributed by atoms with Crippen LogP contribution in [-0.4, -0.2) is 44.1 Å². The van der Waals surface area contributed by atoms with Gasteiger partial charge in [0.05, 0.1) is 23.3 Å². The summed E-state index contributed by atoms with van der Waals surface area (Å²) < 4.78 is 0. The SMILES string of the molecule is Cc1ccc(C2(O)CCN(C(=O)NCc3nc4c(C)cccc4[nH]3)CC2)nc1.